The maximum absolute atomic E-state index is 13.6. The van der Waals surface area contributed by atoms with Crippen LogP contribution in [-0.4, -0.2) is 52.5 Å². The van der Waals surface area contributed by atoms with E-state index in [9.17, 15) is 19.5 Å². The van der Waals surface area contributed by atoms with Crippen molar-refractivity contribution in [3.8, 4) is 0 Å². The largest absolute Gasteiger partial charge is 0.390 e. The molecule has 2 aliphatic heterocycles. The van der Waals surface area contributed by atoms with Crippen molar-refractivity contribution in [1.29, 1.82) is 0 Å². The Bertz CT molecular complexity index is 1360. The SMILES string of the molecule is C[C@H](CCCC(C)(C)O)NC(=O)[C@H]1CCCN(c2cccc3c2C(=O)N(Cc2cc4ccccc4s2)C3=O)C1. The lowest BCUT2D eigenvalue weighted by Gasteiger charge is -2.35. The van der Waals surface area contributed by atoms with Crippen LogP contribution in [0.1, 0.15) is 78.5 Å². The Morgan fingerprint density at radius 2 is 1.95 bits per heavy atom. The number of amides is 3. The Hall–Kier alpha value is -3.23. The first-order valence-electron chi connectivity index (χ1n) is 13.8. The minimum Gasteiger partial charge on any atom is -0.390 e. The molecule has 1 saturated heterocycles. The van der Waals surface area contributed by atoms with Crippen LogP contribution in [0.15, 0.2) is 48.5 Å². The van der Waals surface area contributed by atoms with Gasteiger partial charge in [-0.1, -0.05) is 24.3 Å². The van der Waals surface area contributed by atoms with Gasteiger partial charge in [0, 0.05) is 28.7 Å². The summed E-state index contributed by atoms with van der Waals surface area (Å²) in [6, 6.07) is 15.6. The fourth-order valence-electron chi connectivity index (χ4n) is 5.68. The molecule has 2 aromatic carbocycles. The molecule has 8 heteroatoms. The van der Waals surface area contributed by atoms with Gasteiger partial charge in [0.1, 0.15) is 0 Å². The smallest absolute Gasteiger partial charge is 0.264 e. The van der Waals surface area contributed by atoms with Crippen LogP contribution >= 0.6 is 11.3 Å². The van der Waals surface area contributed by atoms with Crippen molar-refractivity contribution in [2.45, 2.75) is 71.1 Å². The van der Waals surface area contributed by atoms with Gasteiger partial charge in [-0.15, -0.1) is 11.3 Å². The highest BCUT2D eigenvalue weighted by molar-refractivity contribution is 7.19. The highest BCUT2D eigenvalue weighted by Gasteiger charge is 2.39. The Morgan fingerprint density at radius 3 is 2.72 bits per heavy atom. The highest BCUT2D eigenvalue weighted by Crippen LogP contribution is 2.36. The number of nitrogens with zero attached hydrogens (tertiary/aromatic N) is 2. The molecule has 3 amide bonds. The van der Waals surface area contributed by atoms with Crippen LogP contribution in [0.2, 0.25) is 0 Å². The molecule has 1 aromatic heterocycles. The molecule has 2 N–H and O–H groups in total. The summed E-state index contributed by atoms with van der Waals surface area (Å²) >= 11 is 1.60. The second-order valence-electron chi connectivity index (χ2n) is 11.5. The van der Waals surface area contributed by atoms with Gasteiger partial charge in [0.15, 0.2) is 0 Å². The molecule has 39 heavy (non-hydrogen) atoms. The van der Waals surface area contributed by atoms with Gasteiger partial charge in [0.2, 0.25) is 5.91 Å². The molecule has 0 radical (unpaired) electrons. The van der Waals surface area contributed by atoms with E-state index in [2.05, 4.69) is 10.2 Å². The number of hydrogen-bond donors (Lipinski definition) is 2. The third-order valence-corrected chi connectivity index (χ3v) is 8.82. The summed E-state index contributed by atoms with van der Waals surface area (Å²) in [7, 11) is 0. The lowest BCUT2D eigenvalue weighted by Crippen LogP contribution is -2.45. The van der Waals surface area contributed by atoms with Crippen molar-refractivity contribution in [1.82, 2.24) is 10.2 Å². The predicted molar refractivity (Wildman–Crippen MR) is 155 cm³/mol. The number of benzene rings is 2. The molecule has 7 nitrogen and oxygen atoms in total. The molecule has 0 bridgehead atoms. The second-order valence-corrected chi connectivity index (χ2v) is 12.7. The Balaban J connectivity index is 1.27. The fraction of sp³-hybridized carbons (Fsp3) is 0.452. The molecule has 0 saturated carbocycles. The van der Waals surface area contributed by atoms with E-state index in [1.54, 1.807) is 31.3 Å². The number of aliphatic hydroxyl groups is 1. The van der Waals surface area contributed by atoms with Crippen molar-refractivity contribution in [2.75, 3.05) is 18.0 Å². The molecule has 2 aliphatic rings. The topological polar surface area (TPSA) is 89.9 Å². The molecule has 206 valence electrons. The van der Waals surface area contributed by atoms with Crippen molar-refractivity contribution in [3.63, 3.8) is 0 Å². The average molecular weight is 548 g/mol. The van der Waals surface area contributed by atoms with E-state index >= 15 is 0 Å². The molecule has 3 aromatic rings. The van der Waals surface area contributed by atoms with Crippen LogP contribution in [0.4, 0.5) is 5.69 Å². The molecular formula is C31H37N3O4S. The summed E-state index contributed by atoms with van der Waals surface area (Å²) in [5.74, 6) is -0.694. The van der Waals surface area contributed by atoms with Crippen LogP contribution in [0, 0.1) is 5.92 Å². The zero-order chi connectivity index (χ0) is 27.7. The molecule has 5 rings (SSSR count). The molecule has 0 aliphatic carbocycles. The number of rotatable bonds is 9. The average Bonchev–Trinajstić information content (AvgIpc) is 3.42. The molecule has 0 unspecified atom stereocenters. The quantitative estimate of drug-likeness (QED) is 0.352. The maximum atomic E-state index is 13.6. The van der Waals surface area contributed by atoms with E-state index in [4.69, 9.17) is 0 Å². The van der Waals surface area contributed by atoms with Gasteiger partial charge in [0.25, 0.3) is 11.8 Å². The summed E-state index contributed by atoms with van der Waals surface area (Å²) in [6.07, 6.45) is 3.97. The number of piperidine rings is 1. The summed E-state index contributed by atoms with van der Waals surface area (Å²) in [5, 5.41) is 14.2. The number of thiophene rings is 1. The van der Waals surface area contributed by atoms with E-state index in [0.29, 0.717) is 24.1 Å². The number of imide groups is 1. The summed E-state index contributed by atoms with van der Waals surface area (Å²) < 4.78 is 1.13. The number of carbonyl (C=O) groups is 3. The van der Waals surface area contributed by atoms with Gasteiger partial charge in [-0.3, -0.25) is 19.3 Å². The van der Waals surface area contributed by atoms with Crippen LogP contribution in [-0.2, 0) is 11.3 Å². The third-order valence-electron chi connectivity index (χ3n) is 7.71. The van der Waals surface area contributed by atoms with Gasteiger partial charge < -0.3 is 15.3 Å². The molecule has 1 fully saturated rings. The maximum Gasteiger partial charge on any atom is 0.264 e. The third kappa shape index (κ3) is 6.02. The van der Waals surface area contributed by atoms with Crippen molar-refractivity contribution in [2.24, 2.45) is 5.92 Å². The first-order valence-corrected chi connectivity index (χ1v) is 14.7. The first-order chi connectivity index (χ1) is 18.6. The number of hydrogen-bond acceptors (Lipinski definition) is 6. The zero-order valence-corrected chi connectivity index (χ0v) is 23.7. The van der Waals surface area contributed by atoms with Gasteiger partial charge in [-0.2, -0.15) is 0 Å². The number of nitrogens with one attached hydrogen (secondary N) is 1. The number of carbonyl (C=O) groups excluding carboxylic acids is 3. The van der Waals surface area contributed by atoms with Crippen LogP contribution in [0.5, 0.6) is 0 Å². The van der Waals surface area contributed by atoms with E-state index in [0.717, 1.165) is 52.9 Å². The van der Waals surface area contributed by atoms with Crippen LogP contribution in [0.3, 0.4) is 0 Å². The van der Waals surface area contributed by atoms with Gasteiger partial charge in [-0.25, -0.2) is 0 Å². The second kappa shape index (κ2) is 11.1. The van der Waals surface area contributed by atoms with Gasteiger partial charge >= 0.3 is 0 Å². The van der Waals surface area contributed by atoms with Gasteiger partial charge in [0.05, 0.1) is 34.9 Å². The van der Waals surface area contributed by atoms with E-state index in [1.165, 1.54) is 4.90 Å². The normalized spacial score (nSPS) is 18.5. The first kappa shape index (κ1) is 27.3. The zero-order valence-electron chi connectivity index (χ0n) is 22.9. The van der Waals surface area contributed by atoms with E-state index in [-0.39, 0.29) is 36.2 Å². The summed E-state index contributed by atoms with van der Waals surface area (Å²) in [5.41, 5.74) is 0.922. The molecular weight excluding hydrogens is 510 g/mol. The van der Waals surface area contributed by atoms with E-state index in [1.807, 2.05) is 49.4 Å². The molecule has 3 heterocycles. The van der Waals surface area contributed by atoms with Crippen LogP contribution in [0.25, 0.3) is 10.1 Å². The van der Waals surface area contributed by atoms with Gasteiger partial charge in [-0.05, 0) is 82.5 Å². The Labute approximate surface area is 233 Å². The van der Waals surface area contributed by atoms with Crippen molar-refractivity contribution >= 4 is 44.8 Å². The lowest BCUT2D eigenvalue weighted by atomic mass is 9.94. The Morgan fingerprint density at radius 1 is 1.15 bits per heavy atom. The van der Waals surface area contributed by atoms with Crippen molar-refractivity contribution in [3.05, 3.63) is 64.5 Å². The van der Waals surface area contributed by atoms with Crippen molar-refractivity contribution < 1.29 is 19.5 Å². The van der Waals surface area contributed by atoms with E-state index < -0.39 is 5.60 Å². The Kier molecular flexibility index (Phi) is 7.78. The number of fused-ring (bicyclic) bond motifs is 2. The summed E-state index contributed by atoms with van der Waals surface area (Å²) in [4.78, 5) is 44.5. The predicted octanol–water partition coefficient (Wildman–Crippen LogP) is 5.36. The highest BCUT2D eigenvalue weighted by atomic mass is 32.1. The summed E-state index contributed by atoms with van der Waals surface area (Å²) in [6.45, 7) is 7.10. The number of anilines is 1. The molecule has 2 atom stereocenters. The minimum absolute atomic E-state index is 0.0248. The lowest BCUT2D eigenvalue weighted by molar-refractivity contribution is -0.125. The van der Waals surface area contributed by atoms with Crippen LogP contribution < -0.4 is 10.2 Å². The molecule has 0 spiro atoms. The monoisotopic (exact) mass is 547 g/mol. The minimum atomic E-state index is -0.699. The fourth-order valence-corrected chi connectivity index (χ4v) is 6.73. The standard InChI is InChI=1S/C31H37N3O4S/c1-20(9-7-15-31(2,3)38)32-28(35)22-11-8-16-33(18-22)25-13-6-12-24-27(25)30(37)34(29(24)36)19-23-17-21-10-4-5-14-26(21)39-23/h4-6,10,12-14,17,20,22,38H,7-9,11,15-16,18-19H2,1-3H3,(H,32,35)/t20-,22+/m1/s1.